The standard InChI is InChI=1S/C24H40O3/c1-23(2,3)17-10-6-8-13-20-15-12-16-21(22(20)26)14-9-7-11-18-24(4,5)27-19-25/h12,15-16,19,26H,6-11,13-14,17-18H2,1-5H3. The lowest BCUT2D eigenvalue weighted by Crippen LogP contribution is -2.23. The van der Waals surface area contributed by atoms with Gasteiger partial charge >= 0.3 is 0 Å². The van der Waals surface area contributed by atoms with E-state index >= 15 is 0 Å². The maximum atomic E-state index is 10.6. The molecule has 1 aromatic rings. The van der Waals surface area contributed by atoms with Crippen molar-refractivity contribution in [2.75, 3.05) is 0 Å². The number of benzene rings is 1. The molecular formula is C24H40O3. The second-order valence-corrected chi connectivity index (χ2v) is 9.58. The number of carbonyl (C=O) groups is 1. The van der Waals surface area contributed by atoms with Crippen LogP contribution in [0.25, 0.3) is 0 Å². The molecule has 0 aliphatic rings. The van der Waals surface area contributed by atoms with Crippen LogP contribution in [0.15, 0.2) is 18.2 Å². The molecule has 27 heavy (non-hydrogen) atoms. The van der Waals surface area contributed by atoms with Crippen LogP contribution in [0.4, 0.5) is 0 Å². The van der Waals surface area contributed by atoms with Gasteiger partial charge < -0.3 is 9.84 Å². The molecular weight excluding hydrogens is 336 g/mol. The fourth-order valence-corrected chi connectivity index (χ4v) is 3.43. The summed E-state index contributed by atoms with van der Waals surface area (Å²) in [7, 11) is 0. The predicted octanol–water partition coefficient (Wildman–Crippen LogP) is 6.60. The van der Waals surface area contributed by atoms with E-state index in [1.54, 1.807) is 0 Å². The first-order chi connectivity index (χ1) is 12.6. The minimum atomic E-state index is -0.378. The zero-order valence-corrected chi connectivity index (χ0v) is 18.1. The molecule has 1 N–H and O–H groups in total. The second-order valence-electron chi connectivity index (χ2n) is 9.58. The summed E-state index contributed by atoms with van der Waals surface area (Å²) in [5.74, 6) is 0.498. The van der Waals surface area contributed by atoms with Crippen molar-refractivity contribution in [3.63, 3.8) is 0 Å². The number of phenolic OH excluding ortho intramolecular Hbond substituents is 1. The third-order valence-electron chi connectivity index (χ3n) is 5.17. The Balaban J connectivity index is 2.34. The van der Waals surface area contributed by atoms with Gasteiger partial charge in [-0.05, 0) is 75.3 Å². The summed E-state index contributed by atoms with van der Waals surface area (Å²) in [4.78, 5) is 10.5. The molecule has 0 aliphatic carbocycles. The molecule has 0 unspecified atom stereocenters. The van der Waals surface area contributed by atoms with E-state index in [0.717, 1.165) is 56.1 Å². The minimum absolute atomic E-state index is 0.378. The van der Waals surface area contributed by atoms with Gasteiger partial charge in [0.15, 0.2) is 0 Å². The zero-order chi connectivity index (χ0) is 20.3. The van der Waals surface area contributed by atoms with Crippen molar-refractivity contribution in [1.82, 2.24) is 0 Å². The van der Waals surface area contributed by atoms with Crippen LogP contribution in [0.5, 0.6) is 5.75 Å². The molecule has 0 amide bonds. The summed E-state index contributed by atoms with van der Waals surface area (Å²) in [6, 6.07) is 6.17. The normalized spacial score (nSPS) is 12.2. The molecule has 1 rings (SSSR count). The molecule has 0 saturated carbocycles. The minimum Gasteiger partial charge on any atom is -0.507 e. The largest absolute Gasteiger partial charge is 0.507 e. The van der Waals surface area contributed by atoms with Crippen molar-refractivity contribution >= 4 is 6.47 Å². The molecule has 0 atom stereocenters. The number of hydrogen-bond donors (Lipinski definition) is 1. The van der Waals surface area contributed by atoms with Gasteiger partial charge in [0, 0.05) is 0 Å². The number of ether oxygens (including phenoxy) is 1. The highest BCUT2D eigenvalue weighted by atomic mass is 16.5. The summed E-state index contributed by atoms with van der Waals surface area (Å²) in [6.45, 7) is 11.3. The Hall–Kier alpha value is -1.51. The van der Waals surface area contributed by atoms with Crippen molar-refractivity contribution < 1.29 is 14.6 Å². The Morgan fingerprint density at radius 1 is 0.852 bits per heavy atom. The van der Waals surface area contributed by atoms with Crippen molar-refractivity contribution in [3.8, 4) is 5.75 Å². The van der Waals surface area contributed by atoms with E-state index in [4.69, 9.17) is 4.74 Å². The molecule has 0 fully saturated rings. The molecule has 1 aromatic carbocycles. The topological polar surface area (TPSA) is 46.5 Å². The van der Waals surface area contributed by atoms with Crippen LogP contribution in [0.3, 0.4) is 0 Å². The van der Waals surface area contributed by atoms with Crippen LogP contribution in [-0.4, -0.2) is 17.2 Å². The highest BCUT2D eigenvalue weighted by Crippen LogP contribution is 2.27. The fourth-order valence-electron chi connectivity index (χ4n) is 3.43. The van der Waals surface area contributed by atoms with Crippen LogP contribution >= 0.6 is 0 Å². The van der Waals surface area contributed by atoms with Crippen molar-refractivity contribution in [2.45, 2.75) is 104 Å². The maximum Gasteiger partial charge on any atom is 0.293 e. The average molecular weight is 377 g/mol. The first-order valence-corrected chi connectivity index (χ1v) is 10.6. The van der Waals surface area contributed by atoms with Crippen LogP contribution in [0.1, 0.15) is 97.1 Å². The molecule has 0 saturated heterocycles. The monoisotopic (exact) mass is 376 g/mol. The highest BCUT2D eigenvalue weighted by Gasteiger charge is 2.17. The third kappa shape index (κ3) is 10.4. The SMILES string of the molecule is CC(C)(C)CCCCCc1cccc(CCCCCC(C)(C)OC=O)c1O. The molecule has 0 bridgehead atoms. The quantitative estimate of drug-likeness (QED) is 0.312. The van der Waals surface area contributed by atoms with E-state index in [1.807, 2.05) is 19.9 Å². The Bertz CT molecular complexity index is 555. The number of para-hydroxylation sites is 1. The molecule has 0 aliphatic heterocycles. The number of unbranched alkanes of at least 4 members (excludes halogenated alkanes) is 4. The van der Waals surface area contributed by atoms with Crippen LogP contribution in [0, 0.1) is 5.41 Å². The molecule has 0 radical (unpaired) electrons. The highest BCUT2D eigenvalue weighted by molar-refractivity contribution is 5.40. The van der Waals surface area contributed by atoms with Gasteiger partial charge in [0.2, 0.25) is 0 Å². The van der Waals surface area contributed by atoms with Crippen LogP contribution in [-0.2, 0) is 22.4 Å². The first-order valence-electron chi connectivity index (χ1n) is 10.6. The summed E-state index contributed by atoms with van der Waals surface area (Å²) < 4.78 is 5.08. The third-order valence-corrected chi connectivity index (χ3v) is 5.17. The molecule has 3 nitrogen and oxygen atoms in total. The van der Waals surface area contributed by atoms with Crippen molar-refractivity contribution in [1.29, 1.82) is 0 Å². The van der Waals surface area contributed by atoms with Crippen molar-refractivity contribution in [2.24, 2.45) is 5.41 Å². The second kappa shape index (κ2) is 11.4. The van der Waals surface area contributed by atoms with Gasteiger partial charge in [-0.1, -0.05) is 58.2 Å². The lowest BCUT2D eigenvalue weighted by Gasteiger charge is -2.22. The van der Waals surface area contributed by atoms with Crippen LogP contribution in [0.2, 0.25) is 0 Å². The molecule has 0 heterocycles. The molecule has 3 heteroatoms. The number of phenols is 1. The Morgan fingerprint density at radius 2 is 1.37 bits per heavy atom. The molecule has 0 spiro atoms. The maximum absolute atomic E-state index is 10.6. The van der Waals surface area contributed by atoms with Gasteiger partial charge in [-0.15, -0.1) is 0 Å². The Morgan fingerprint density at radius 3 is 1.85 bits per heavy atom. The lowest BCUT2D eigenvalue weighted by molar-refractivity contribution is -0.140. The summed E-state index contributed by atoms with van der Waals surface area (Å²) in [5.41, 5.74) is 2.18. The summed E-state index contributed by atoms with van der Waals surface area (Å²) in [5, 5.41) is 10.6. The number of hydrogen-bond acceptors (Lipinski definition) is 3. The van der Waals surface area contributed by atoms with Gasteiger partial charge in [0.25, 0.3) is 6.47 Å². The van der Waals surface area contributed by atoms with E-state index < -0.39 is 0 Å². The van der Waals surface area contributed by atoms with Gasteiger partial charge in [0.05, 0.1) is 0 Å². The van der Waals surface area contributed by atoms with Crippen LogP contribution < -0.4 is 0 Å². The van der Waals surface area contributed by atoms with E-state index in [0.29, 0.717) is 17.6 Å². The first kappa shape index (κ1) is 23.5. The summed E-state index contributed by atoms with van der Waals surface area (Å²) >= 11 is 0. The van der Waals surface area contributed by atoms with Gasteiger partial charge in [-0.25, -0.2) is 0 Å². The molecule has 0 aromatic heterocycles. The van der Waals surface area contributed by atoms with Gasteiger partial charge in [-0.3, -0.25) is 4.79 Å². The van der Waals surface area contributed by atoms with Gasteiger partial charge in [-0.2, -0.15) is 0 Å². The predicted molar refractivity (Wildman–Crippen MR) is 113 cm³/mol. The number of aryl methyl sites for hydroxylation is 2. The average Bonchev–Trinajstić information content (AvgIpc) is 2.55. The smallest absolute Gasteiger partial charge is 0.293 e. The van der Waals surface area contributed by atoms with E-state index in [-0.39, 0.29) is 5.60 Å². The zero-order valence-electron chi connectivity index (χ0n) is 18.1. The molecule has 154 valence electrons. The number of aromatic hydroxyl groups is 1. The van der Waals surface area contributed by atoms with Gasteiger partial charge in [0.1, 0.15) is 11.4 Å². The van der Waals surface area contributed by atoms with Crippen molar-refractivity contribution in [3.05, 3.63) is 29.3 Å². The Kier molecular flexibility index (Phi) is 9.90. The fraction of sp³-hybridized carbons (Fsp3) is 0.708. The van der Waals surface area contributed by atoms with E-state index in [1.165, 1.54) is 19.3 Å². The number of carbonyl (C=O) groups excluding carboxylic acids is 1. The number of rotatable bonds is 13. The summed E-state index contributed by atoms with van der Waals surface area (Å²) in [6.07, 6.45) is 10.7. The Labute approximate surface area is 166 Å². The van der Waals surface area contributed by atoms with E-state index in [2.05, 4.69) is 32.9 Å². The van der Waals surface area contributed by atoms with E-state index in [9.17, 15) is 9.90 Å². The lowest BCUT2D eigenvalue weighted by atomic mass is 9.89.